The van der Waals surface area contributed by atoms with Gasteiger partial charge < -0.3 is 15.0 Å². The molecule has 0 unspecified atom stereocenters. The van der Waals surface area contributed by atoms with Gasteiger partial charge in [-0.2, -0.15) is 0 Å². The first-order valence-electron chi connectivity index (χ1n) is 13.7. The second-order valence-electron chi connectivity index (χ2n) is 9.80. The van der Waals surface area contributed by atoms with Gasteiger partial charge in [0, 0.05) is 17.1 Å². The standard InChI is InChI=1S/C31H38BrN3O5S/c1-5-29(31(37)33-23(3)4)34(21-20-24-10-8-7-9-11-24)30(36)22-35(26-14-16-27(17-15-26)40-6-2)41(38,39)28-18-12-25(32)13-19-28/h7-19,23,29H,5-6,20-22H2,1-4H3,(H,33,37)/t29-/m1/s1. The Morgan fingerprint density at radius 1 is 0.927 bits per heavy atom. The molecule has 41 heavy (non-hydrogen) atoms. The highest BCUT2D eigenvalue weighted by molar-refractivity contribution is 9.10. The molecule has 0 aliphatic rings. The van der Waals surface area contributed by atoms with Crippen molar-refractivity contribution in [3.05, 3.63) is 88.9 Å². The number of carbonyl (C=O) groups excluding carboxylic acids is 2. The quantitative estimate of drug-likeness (QED) is 0.253. The van der Waals surface area contributed by atoms with Crippen LogP contribution in [0.25, 0.3) is 0 Å². The number of rotatable bonds is 14. The molecule has 1 atom stereocenters. The minimum absolute atomic E-state index is 0.0443. The number of carbonyl (C=O) groups is 2. The van der Waals surface area contributed by atoms with Gasteiger partial charge in [-0.1, -0.05) is 53.2 Å². The van der Waals surface area contributed by atoms with E-state index in [0.29, 0.717) is 30.9 Å². The van der Waals surface area contributed by atoms with E-state index in [2.05, 4.69) is 21.2 Å². The Morgan fingerprint density at radius 3 is 2.12 bits per heavy atom. The molecule has 2 amide bonds. The lowest BCUT2D eigenvalue weighted by atomic mass is 10.1. The molecule has 10 heteroatoms. The number of anilines is 1. The Kier molecular flexibility index (Phi) is 11.8. The van der Waals surface area contributed by atoms with E-state index >= 15 is 0 Å². The van der Waals surface area contributed by atoms with E-state index in [1.807, 2.05) is 58.0 Å². The fourth-order valence-electron chi connectivity index (χ4n) is 4.41. The van der Waals surface area contributed by atoms with E-state index in [9.17, 15) is 18.0 Å². The molecule has 3 aromatic rings. The van der Waals surface area contributed by atoms with Crippen molar-refractivity contribution in [1.82, 2.24) is 10.2 Å². The normalized spacial score (nSPS) is 12.0. The highest BCUT2D eigenvalue weighted by Gasteiger charge is 2.33. The molecule has 220 valence electrons. The number of nitrogens with zero attached hydrogens (tertiary/aromatic N) is 2. The lowest BCUT2D eigenvalue weighted by Gasteiger charge is -2.33. The molecule has 0 spiro atoms. The van der Waals surface area contributed by atoms with Crippen molar-refractivity contribution in [3.8, 4) is 5.75 Å². The maximum Gasteiger partial charge on any atom is 0.264 e. The summed E-state index contributed by atoms with van der Waals surface area (Å²) in [6, 6.07) is 21.6. The van der Waals surface area contributed by atoms with Crippen LogP contribution in [0.1, 0.15) is 39.7 Å². The third-order valence-corrected chi connectivity index (χ3v) is 8.73. The van der Waals surface area contributed by atoms with Crippen molar-refractivity contribution in [1.29, 1.82) is 0 Å². The molecule has 8 nitrogen and oxygen atoms in total. The van der Waals surface area contributed by atoms with Crippen molar-refractivity contribution in [3.63, 3.8) is 0 Å². The summed E-state index contributed by atoms with van der Waals surface area (Å²) in [7, 11) is -4.14. The van der Waals surface area contributed by atoms with Crippen LogP contribution in [-0.4, -0.2) is 56.9 Å². The Morgan fingerprint density at radius 2 is 1.56 bits per heavy atom. The van der Waals surface area contributed by atoms with Gasteiger partial charge in [0.25, 0.3) is 10.0 Å². The van der Waals surface area contributed by atoms with Gasteiger partial charge >= 0.3 is 0 Å². The maximum atomic E-state index is 14.0. The largest absolute Gasteiger partial charge is 0.494 e. The fourth-order valence-corrected chi connectivity index (χ4v) is 6.09. The van der Waals surface area contributed by atoms with Gasteiger partial charge in [0.05, 0.1) is 17.2 Å². The number of nitrogens with one attached hydrogen (secondary N) is 1. The van der Waals surface area contributed by atoms with Crippen LogP contribution in [0.2, 0.25) is 0 Å². The summed E-state index contributed by atoms with van der Waals surface area (Å²) in [4.78, 5) is 28.8. The van der Waals surface area contributed by atoms with Gasteiger partial charge in [-0.25, -0.2) is 8.42 Å². The van der Waals surface area contributed by atoms with Crippen LogP contribution in [0.15, 0.2) is 88.2 Å². The molecule has 0 aromatic heterocycles. The van der Waals surface area contributed by atoms with Crippen LogP contribution < -0.4 is 14.4 Å². The average molecular weight is 645 g/mol. The third-order valence-electron chi connectivity index (χ3n) is 6.42. The zero-order valence-electron chi connectivity index (χ0n) is 23.9. The maximum absolute atomic E-state index is 14.0. The van der Waals surface area contributed by atoms with E-state index in [1.54, 1.807) is 36.4 Å². The summed E-state index contributed by atoms with van der Waals surface area (Å²) < 4.78 is 35.2. The van der Waals surface area contributed by atoms with Crippen LogP contribution in [0.5, 0.6) is 5.75 Å². The Labute approximate surface area is 251 Å². The zero-order valence-corrected chi connectivity index (χ0v) is 26.3. The first-order chi connectivity index (χ1) is 19.6. The van der Waals surface area contributed by atoms with Crippen LogP contribution in [-0.2, 0) is 26.0 Å². The first-order valence-corrected chi connectivity index (χ1v) is 15.9. The monoisotopic (exact) mass is 643 g/mol. The summed E-state index contributed by atoms with van der Waals surface area (Å²) in [5.74, 6) is -0.155. The van der Waals surface area contributed by atoms with Gasteiger partial charge in [-0.15, -0.1) is 0 Å². The SMILES string of the molecule is CCOc1ccc(N(CC(=O)N(CCc2ccccc2)[C@H](CC)C(=O)NC(C)C)S(=O)(=O)c2ccc(Br)cc2)cc1. The van der Waals surface area contributed by atoms with Crippen molar-refractivity contribution >= 4 is 43.5 Å². The Balaban J connectivity index is 2.01. The molecule has 0 bridgehead atoms. The number of benzene rings is 3. The smallest absolute Gasteiger partial charge is 0.264 e. The van der Waals surface area contributed by atoms with Crippen LogP contribution in [0.4, 0.5) is 5.69 Å². The molecule has 0 radical (unpaired) electrons. The molecule has 1 N–H and O–H groups in total. The van der Waals surface area contributed by atoms with Gasteiger partial charge in [0.15, 0.2) is 0 Å². The minimum atomic E-state index is -4.14. The summed E-state index contributed by atoms with van der Waals surface area (Å²) in [5.41, 5.74) is 1.32. The highest BCUT2D eigenvalue weighted by atomic mass is 79.9. The van der Waals surface area contributed by atoms with Gasteiger partial charge in [0.2, 0.25) is 11.8 Å². The Bertz CT molecular complexity index is 1380. The third kappa shape index (κ3) is 8.81. The molecule has 3 rings (SSSR count). The van der Waals surface area contributed by atoms with Crippen molar-refractivity contribution < 1.29 is 22.7 Å². The number of hydrogen-bond acceptors (Lipinski definition) is 5. The summed E-state index contributed by atoms with van der Waals surface area (Å²) in [5, 5.41) is 2.91. The number of ether oxygens (including phenoxy) is 1. The van der Waals surface area contributed by atoms with Crippen molar-refractivity contribution in [2.75, 3.05) is 24.0 Å². The molecule has 0 aliphatic heterocycles. The second kappa shape index (κ2) is 15.0. The fraction of sp³-hybridized carbons (Fsp3) is 0.355. The van der Waals surface area contributed by atoms with E-state index < -0.39 is 28.5 Å². The van der Waals surface area contributed by atoms with E-state index in [4.69, 9.17) is 4.74 Å². The van der Waals surface area contributed by atoms with E-state index in [0.717, 1.165) is 14.3 Å². The molecule has 0 saturated carbocycles. The average Bonchev–Trinajstić information content (AvgIpc) is 2.94. The van der Waals surface area contributed by atoms with E-state index in [1.165, 1.54) is 17.0 Å². The van der Waals surface area contributed by atoms with Gasteiger partial charge in [0.1, 0.15) is 18.3 Å². The predicted molar refractivity (Wildman–Crippen MR) is 166 cm³/mol. The van der Waals surface area contributed by atoms with Crippen LogP contribution in [0, 0.1) is 0 Å². The number of amides is 2. The zero-order chi connectivity index (χ0) is 30.0. The molecule has 3 aromatic carbocycles. The second-order valence-corrected chi connectivity index (χ2v) is 12.6. The predicted octanol–water partition coefficient (Wildman–Crippen LogP) is 5.42. The molecule has 0 heterocycles. The van der Waals surface area contributed by atoms with E-state index in [-0.39, 0.29) is 23.4 Å². The summed E-state index contributed by atoms with van der Waals surface area (Å²) in [6.07, 6.45) is 0.891. The van der Waals surface area contributed by atoms with Gasteiger partial charge in [-0.3, -0.25) is 13.9 Å². The molecule has 0 saturated heterocycles. The van der Waals surface area contributed by atoms with Crippen molar-refractivity contribution in [2.24, 2.45) is 0 Å². The molecule has 0 aliphatic carbocycles. The van der Waals surface area contributed by atoms with Crippen molar-refractivity contribution in [2.45, 2.75) is 57.5 Å². The van der Waals surface area contributed by atoms with Crippen LogP contribution in [0.3, 0.4) is 0 Å². The number of sulfonamides is 1. The van der Waals surface area contributed by atoms with Gasteiger partial charge in [-0.05, 0) is 87.7 Å². The summed E-state index contributed by atoms with van der Waals surface area (Å²) >= 11 is 3.35. The lowest BCUT2D eigenvalue weighted by molar-refractivity contribution is -0.139. The first kappa shape index (κ1) is 32.1. The summed E-state index contributed by atoms with van der Waals surface area (Å²) in [6.45, 7) is 7.66. The topological polar surface area (TPSA) is 96.0 Å². The molecular formula is C31H38BrN3O5S. The lowest BCUT2D eigenvalue weighted by Crippen LogP contribution is -2.54. The minimum Gasteiger partial charge on any atom is -0.494 e. The number of halogens is 1. The molecule has 0 fully saturated rings. The Hall–Kier alpha value is -3.37. The molecular weight excluding hydrogens is 606 g/mol. The van der Waals surface area contributed by atoms with Crippen LogP contribution >= 0.6 is 15.9 Å². The highest BCUT2D eigenvalue weighted by Crippen LogP contribution is 2.27. The number of hydrogen-bond donors (Lipinski definition) is 1.